The maximum Gasteiger partial charge on any atom is 0.210 e. The third kappa shape index (κ3) is 2.67. The van der Waals surface area contributed by atoms with Gasteiger partial charge in [-0.1, -0.05) is 12.1 Å². The molecule has 27 heavy (non-hydrogen) atoms. The van der Waals surface area contributed by atoms with Gasteiger partial charge in [0.2, 0.25) is 11.6 Å². The molecule has 0 amide bonds. The number of aromatic hydroxyl groups is 1. The molecule has 1 N–H and O–H groups in total. The van der Waals surface area contributed by atoms with Gasteiger partial charge in [-0.05, 0) is 86.8 Å². The SMILES string of the molecule is Oc1ccc(C[C@H]2CC[C@]3(CC2)OO[C@]2(O3)C3CC4CC(C3)CC2C4)cc1. The zero-order valence-corrected chi connectivity index (χ0v) is 15.9. The maximum absolute atomic E-state index is 9.46. The summed E-state index contributed by atoms with van der Waals surface area (Å²) in [5.41, 5.74) is 1.30. The number of ether oxygens (including phenoxy) is 1. The van der Waals surface area contributed by atoms with Gasteiger partial charge in [0, 0.05) is 24.7 Å². The van der Waals surface area contributed by atoms with E-state index in [2.05, 4.69) is 0 Å². The van der Waals surface area contributed by atoms with Gasteiger partial charge in [-0.2, -0.15) is 9.78 Å². The standard InChI is InChI=1S/C23H30O4/c24-21-3-1-15(2-4-21)9-16-5-7-22(8-6-16)25-23(27-26-22)19-11-17-10-18(13-19)14-20(23)12-17/h1-4,16-20,24H,5-14H2/t16-,17?,18?,19?,20?,22+,23-. The first-order valence-electron chi connectivity index (χ1n) is 11.0. The fraction of sp³-hybridized carbons (Fsp3) is 0.739. The van der Waals surface area contributed by atoms with E-state index in [0.717, 1.165) is 43.9 Å². The molecule has 1 aliphatic heterocycles. The van der Waals surface area contributed by atoms with Crippen LogP contribution in [0.2, 0.25) is 0 Å². The molecular weight excluding hydrogens is 340 g/mol. The monoisotopic (exact) mass is 370 g/mol. The average Bonchev–Trinajstić information content (AvgIpc) is 3.04. The van der Waals surface area contributed by atoms with E-state index in [0.29, 0.717) is 23.5 Å². The average molecular weight is 370 g/mol. The molecule has 5 aliphatic carbocycles. The third-order valence-corrected chi connectivity index (χ3v) is 8.27. The third-order valence-electron chi connectivity index (χ3n) is 8.27. The van der Waals surface area contributed by atoms with Crippen LogP contribution >= 0.6 is 0 Å². The molecule has 7 rings (SSSR count). The van der Waals surface area contributed by atoms with E-state index in [9.17, 15) is 5.11 Å². The van der Waals surface area contributed by atoms with Gasteiger partial charge in [0.1, 0.15) is 5.75 Å². The quantitative estimate of drug-likeness (QED) is 0.748. The molecule has 1 aromatic carbocycles. The minimum Gasteiger partial charge on any atom is -0.508 e. The van der Waals surface area contributed by atoms with Crippen LogP contribution in [0.25, 0.3) is 0 Å². The van der Waals surface area contributed by atoms with Gasteiger partial charge < -0.3 is 9.84 Å². The Hall–Kier alpha value is -1.10. The predicted molar refractivity (Wildman–Crippen MR) is 99.5 cm³/mol. The molecule has 1 heterocycles. The van der Waals surface area contributed by atoms with Crippen molar-refractivity contribution in [1.29, 1.82) is 0 Å². The van der Waals surface area contributed by atoms with Crippen LogP contribution in [0.4, 0.5) is 0 Å². The van der Waals surface area contributed by atoms with Gasteiger partial charge in [0.15, 0.2) is 0 Å². The molecule has 0 unspecified atom stereocenters. The summed E-state index contributed by atoms with van der Waals surface area (Å²) in [4.78, 5) is 12.1. The topological polar surface area (TPSA) is 47.9 Å². The van der Waals surface area contributed by atoms with Crippen molar-refractivity contribution in [1.82, 2.24) is 0 Å². The van der Waals surface area contributed by atoms with Gasteiger partial charge in [0.05, 0.1) is 0 Å². The second-order valence-corrected chi connectivity index (χ2v) is 10.0. The second-order valence-electron chi connectivity index (χ2n) is 10.0. The van der Waals surface area contributed by atoms with Crippen molar-refractivity contribution in [2.45, 2.75) is 75.8 Å². The van der Waals surface area contributed by atoms with Crippen LogP contribution in [-0.4, -0.2) is 16.7 Å². The lowest BCUT2D eigenvalue weighted by atomic mass is 9.53. The number of phenolic OH excluding ortho intramolecular Hbond substituents is 1. The Morgan fingerprint density at radius 1 is 0.852 bits per heavy atom. The normalized spacial score (nSPS) is 47.9. The highest BCUT2D eigenvalue weighted by Crippen LogP contribution is 2.63. The van der Waals surface area contributed by atoms with Crippen LogP contribution in [-0.2, 0) is 20.9 Å². The van der Waals surface area contributed by atoms with E-state index in [-0.39, 0.29) is 0 Å². The number of phenols is 1. The summed E-state index contributed by atoms with van der Waals surface area (Å²) in [6.07, 6.45) is 11.7. The van der Waals surface area contributed by atoms with Crippen molar-refractivity contribution in [3.63, 3.8) is 0 Å². The molecule has 0 atom stereocenters. The van der Waals surface area contributed by atoms with Crippen LogP contribution in [0.15, 0.2) is 24.3 Å². The highest BCUT2D eigenvalue weighted by Gasteiger charge is 2.66. The van der Waals surface area contributed by atoms with E-state index in [4.69, 9.17) is 14.5 Å². The van der Waals surface area contributed by atoms with Gasteiger partial charge >= 0.3 is 0 Å². The van der Waals surface area contributed by atoms with Crippen molar-refractivity contribution in [3.8, 4) is 5.75 Å². The maximum atomic E-state index is 9.46. The van der Waals surface area contributed by atoms with Gasteiger partial charge in [0.25, 0.3) is 0 Å². The smallest absolute Gasteiger partial charge is 0.210 e. The van der Waals surface area contributed by atoms with E-state index in [1.165, 1.54) is 37.7 Å². The number of rotatable bonds is 2. The molecule has 1 saturated heterocycles. The molecular formula is C23H30O4. The van der Waals surface area contributed by atoms with E-state index in [1.807, 2.05) is 12.1 Å². The Bertz CT molecular complexity index is 676. The molecule has 2 spiro atoms. The molecule has 6 fully saturated rings. The van der Waals surface area contributed by atoms with Crippen LogP contribution in [0.5, 0.6) is 5.75 Å². The Morgan fingerprint density at radius 3 is 2.11 bits per heavy atom. The highest BCUT2D eigenvalue weighted by molar-refractivity contribution is 5.26. The first-order chi connectivity index (χ1) is 13.1. The summed E-state index contributed by atoms with van der Waals surface area (Å²) < 4.78 is 6.79. The zero-order chi connectivity index (χ0) is 18.1. The number of benzene rings is 1. The van der Waals surface area contributed by atoms with E-state index in [1.54, 1.807) is 12.1 Å². The number of hydrogen-bond acceptors (Lipinski definition) is 4. The molecule has 4 bridgehead atoms. The van der Waals surface area contributed by atoms with Crippen molar-refractivity contribution in [2.24, 2.45) is 29.6 Å². The van der Waals surface area contributed by atoms with E-state index >= 15 is 0 Å². The Balaban J connectivity index is 1.12. The largest absolute Gasteiger partial charge is 0.508 e. The lowest BCUT2D eigenvalue weighted by Crippen LogP contribution is -2.59. The summed E-state index contributed by atoms with van der Waals surface area (Å²) in [7, 11) is 0. The molecule has 4 heteroatoms. The minimum atomic E-state index is -0.499. The molecule has 4 nitrogen and oxygen atoms in total. The lowest BCUT2D eigenvalue weighted by molar-refractivity contribution is -0.390. The van der Waals surface area contributed by atoms with Crippen LogP contribution in [0.1, 0.15) is 63.4 Å². The Labute approximate surface area is 161 Å². The van der Waals surface area contributed by atoms with Gasteiger partial charge in [-0.3, -0.25) is 0 Å². The van der Waals surface area contributed by atoms with Crippen molar-refractivity contribution in [2.75, 3.05) is 0 Å². The Morgan fingerprint density at radius 2 is 1.48 bits per heavy atom. The zero-order valence-electron chi connectivity index (χ0n) is 15.9. The Kier molecular flexibility index (Phi) is 3.71. The first-order valence-corrected chi connectivity index (χ1v) is 11.0. The summed E-state index contributed by atoms with van der Waals surface area (Å²) in [6.45, 7) is 0. The molecule has 6 aliphatic rings. The van der Waals surface area contributed by atoms with Crippen LogP contribution in [0, 0.1) is 29.6 Å². The minimum absolute atomic E-state index is 0.340. The first kappa shape index (κ1) is 16.8. The molecule has 0 aromatic heterocycles. The van der Waals surface area contributed by atoms with Crippen LogP contribution in [0.3, 0.4) is 0 Å². The van der Waals surface area contributed by atoms with Crippen molar-refractivity contribution in [3.05, 3.63) is 29.8 Å². The van der Waals surface area contributed by atoms with Crippen molar-refractivity contribution < 1.29 is 19.6 Å². The van der Waals surface area contributed by atoms with Gasteiger partial charge in [-0.15, -0.1) is 0 Å². The summed E-state index contributed by atoms with van der Waals surface area (Å²) >= 11 is 0. The summed E-state index contributed by atoms with van der Waals surface area (Å²) in [5.74, 6) is 2.96. The summed E-state index contributed by atoms with van der Waals surface area (Å²) in [6, 6.07) is 7.64. The second kappa shape index (κ2) is 5.95. The van der Waals surface area contributed by atoms with Gasteiger partial charge in [-0.25, -0.2) is 0 Å². The number of hydrogen-bond donors (Lipinski definition) is 1. The molecule has 0 radical (unpaired) electrons. The molecule has 146 valence electrons. The highest BCUT2D eigenvalue weighted by atomic mass is 17.3. The van der Waals surface area contributed by atoms with Crippen molar-refractivity contribution >= 4 is 0 Å². The molecule has 5 saturated carbocycles. The fourth-order valence-electron chi connectivity index (χ4n) is 7.08. The van der Waals surface area contributed by atoms with Crippen LogP contribution < -0.4 is 0 Å². The van der Waals surface area contributed by atoms with E-state index < -0.39 is 11.6 Å². The predicted octanol–water partition coefficient (Wildman–Crippen LogP) is 4.95. The summed E-state index contributed by atoms with van der Waals surface area (Å²) in [5, 5.41) is 9.46. The molecule has 1 aromatic rings. The lowest BCUT2D eigenvalue weighted by Gasteiger charge is -2.57. The fourth-order valence-corrected chi connectivity index (χ4v) is 7.08.